The Kier molecular flexibility index (Phi) is 4.25. The molecule has 1 amide bonds. The summed E-state index contributed by atoms with van der Waals surface area (Å²) in [6.07, 6.45) is 0. The molecular weight excluding hydrogens is 257 g/mol. The Balaban J connectivity index is 2.20. The summed E-state index contributed by atoms with van der Waals surface area (Å²) < 4.78 is 12.9. The van der Waals surface area contributed by atoms with Gasteiger partial charge in [0.05, 0.1) is 0 Å². The van der Waals surface area contributed by atoms with Crippen molar-refractivity contribution >= 4 is 11.7 Å². The summed E-state index contributed by atoms with van der Waals surface area (Å²) in [6, 6.07) is 13.4. The molecule has 102 valence electrons. The molecule has 0 saturated heterocycles. The highest BCUT2D eigenvalue weighted by Crippen LogP contribution is 2.15. The first-order valence-corrected chi connectivity index (χ1v) is 6.20. The van der Waals surface area contributed by atoms with Gasteiger partial charge in [0.25, 0.3) is 5.91 Å². The van der Waals surface area contributed by atoms with E-state index in [2.05, 4.69) is 5.32 Å². The van der Waals surface area contributed by atoms with E-state index in [4.69, 9.17) is 0 Å². The lowest BCUT2D eigenvalue weighted by atomic mass is 10.0. The number of hydrogen-bond donors (Lipinski definition) is 1. The number of Topliss-reactive ketones (excluding diaryl/α,β-unsaturated/α-hetero) is 1. The monoisotopic (exact) mass is 271 g/mol. The summed E-state index contributed by atoms with van der Waals surface area (Å²) in [6.45, 7) is 1.39. The number of carbonyl (C=O) groups excluding carboxylic acids is 2. The Morgan fingerprint density at radius 2 is 1.60 bits per heavy atom. The Morgan fingerprint density at radius 3 is 2.15 bits per heavy atom. The molecule has 1 unspecified atom stereocenters. The standard InChI is InChI=1S/C16H14FNO2/c1-11(19)15(12-7-9-14(17)10-8-12)18-16(20)13-5-3-2-4-6-13/h2-10,15H,1H3,(H,18,20). The number of ketones is 1. The highest BCUT2D eigenvalue weighted by molar-refractivity contribution is 5.97. The van der Waals surface area contributed by atoms with Crippen LogP contribution in [-0.2, 0) is 4.79 Å². The van der Waals surface area contributed by atoms with Gasteiger partial charge >= 0.3 is 0 Å². The van der Waals surface area contributed by atoms with Crippen molar-refractivity contribution in [1.82, 2.24) is 5.32 Å². The van der Waals surface area contributed by atoms with Gasteiger partial charge in [-0.3, -0.25) is 9.59 Å². The average Bonchev–Trinajstić information content (AvgIpc) is 2.46. The van der Waals surface area contributed by atoms with Gasteiger partial charge in [0, 0.05) is 5.56 Å². The number of amides is 1. The van der Waals surface area contributed by atoms with E-state index in [0.717, 1.165) is 0 Å². The van der Waals surface area contributed by atoms with Crippen molar-refractivity contribution in [3.8, 4) is 0 Å². The van der Waals surface area contributed by atoms with E-state index < -0.39 is 6.04 Å². The van der Waals surface area contributed by atoms with Crippen LogP contribution in [0.2, 0.25) is 0 Å². The maximum Gasteiger partial charge on any atom is 0.252 e. The Morgan fingerprint density at radius 1 is 1.00 bits per heavy atom. The van der Waals surface area contributed by atoms with E-state index in [1.807, 2.05) is 0 Å². The van der Waals surface area contributed by atoms with Gasteiger partial charge in [-0.15, -0.1) is 0 Å². The highest BCUT2D eigenvalue weighted by atomic mass is 19.1. The molecule has 1 atom stereocenters. The molecule has 0 fully saturated rings. The fourth-order valence-electron chi connectivity index (χ4n) is 1.88. The molecule has 0 aliphatic heterocycles. The molecule has 4 heteroatoms. The third-order valence-corrected chi connectivity index (χ3v) is 2.92. The maximum atomic E-state index is 12.9. The highest BCUT2D eigenvalue weighted by Gasteiger charge is 2.19. The number of hydrogen-bond acceptors (Lipinski definition) is 2. The van der Waals surface area contributed by atoms with Crippen LogP contribution < -0.4 is 5.32 Å². The Labute approximate surface area is 116 Å². The van der Waals surface area contributed by atoms with Crippen LogP contribution in [0.1, 0.15) is 28.9 Å². The lowest BCUT2D eigenvalue weighted by Gasteiger charge is -2.16. The first-order valence-electron chi connectivity index (χ1n) is 6.20. The summed E-state index contributed by atoms with van der Waals surface area (Å²) in [5, 5.41) is 2.66. The van der Waals surface area contributed by atoms with Gasteiger partial charge in [-0.25, -0.2) is 4.39 Å². The molecule has 0 heterocycles. The molecule has 0 aliphatic carbocycles. The fourth-order valence-corrected chi connectivity index (χ4v) is 1.88. The lowest BCUT2D eigenvalue weighted by Crippen LogP contribution is -2.32. The molecule has 20 heavy (non-hydrogen) atoms. The maximum absolute atomic E-state index is 12.9. The second-order valence-corrected chi connectivity index (χ2v) is 4.43. The minimum atomic E-state index is -0.775. The van der Waals surface area contributed by atoms with Crippen molar-refractivity contribution < 1.29 is 14.0 Å². The van der Waals surface area contributed by atoms with Crippen molar-refractivity contribution in [2.24, 2.45) is 0 Å². The smallest absolute Gasteiger partial charge is 0.252 e. The quantitative estimate of drug-likeness (QED) is 0.929. The molecule has 2 rings (SSSR count). The zero-order valence-corrected chi connectivity index (χ0v) is 11.0. The summed E-state index contributed by atoms with van der Waals surface area (Å²) >= 11 is 0. The minimum absolute atomic E-state index is 0.208. The molecule has 3 nitrogen and oxygen atoms in total. The molecule has 0 aliphatic rings. The lowest BCUT2D eigenvalue weighted by molar-refractivity contribution is -0.118. The predicted molar refractivity (Wildman–Crippen MR) is 73.7 cm³/mol. The van der Waals surface area contributed by atoms with E-state index >= 15 is 0 Å². The molecule has 0 radical (unpaired) electrons. The number of benzene rings is 2. The van der Waals surface area contributed by atoms with Gasteiger partial charge < -0.3 is 5.32 Å². The third kappa shape index (κ3) is 3.29. The van der Waals surface area contributed by atoms with Gasteiger partial charge in [-0.1, -0.05) is 30.3 Å². The van der Waals surface area contributed by atoms with Gasteiger partial charge in [0.1, 0.15) is 11.9 Å². The predicted octanol–water partition coefficient (Wildman–Crippen LogP) is 2.89. The SMILES string of the molecule is CC(=O)C(NC(=O)c1ccccc1)c1ccc(F)cc1. The van der Waals surface area contributed by atoms with E-state index in [1.54, 1.807) is 30.3 Å². The average molecular weight is 271 g/mol. The van der Waals surface area contributed by atoms with Crippen LogP contribution in [0, 0.1) is 5.82 Å². The zero-order valence-electron chi connectivity index (χ0n) is 11.0. The number of carbonyl (C=O) groups is 2. The molecule has 0 bridgehead atoms. The van der Waals surface area contributed by atoms with Gasteiger partial charge in [-0.2, -0.15) is 0 Å². The number of nitrogens with one attached hydrogen (secondary N) is 1. The third-order valence-electron chi connectivity index (χ3n) is 2.92. The zero-order chi connectivity index (χ0) is 14.5. The summed E-state index contributed by atoms with van der Waals surface area (Å²) in [7, 11) is 0. The van der Waals surface area contributed by atoms with E-state index in [1.165, 1.54) is 31.2 Å². The molecule has 0 spiro atoms. The fraction of sp³-hybridized carbons (Fsp3) is 0.125. The Bertz CT molecular complexity index is 608. The second kappa shape index (κ2) is 6.10. The van der Waals surface area contributed by atoms with Crippen molar-refractivity contribution in [3.05, 3.63) is 71.5 Å². The second-order valence-electron chi connectivity index (χ2n) is 4.43. The first kappa shape index (κ1) is 13.9. The van der Waals surface area contributed by atoms with Gasteiger partial charge in [-0.05, 0) is 36.8 Å². The molecule has 2 aromatic carbocycles. The summed E-state index contributed by atoms with van der Waals surface area (Å²) in [5.74, 6) is -0.929. The van der Waals surface area contributed by atoms with Crippen LogP contribution >= 0.6 is 0 Å². The molecule has 2 aromatic rings. The normalized spacial score (nSPS) is 11.7. The van der Waals surface area contributed by atoms with Crippen LogP contribution in [0.4, 0.5) is 4.39 Å². The van der Waals surface area contributed by atoms with Crippen molar-refractivity contribution in [2.75, 3.05) is 0 Å². The van der Waals surface area contributed by atoms with Gasteiger partial charge in [0.15, 0.2) is 5.78 Å². The van der Waals surface area contributed by atoms with E-state index in [-0.39, 0.29) is 17.5 Å². The first-order chi connectivity index (χ1) is 9.58. The molecule has 0 aromatic heterocycles. The van der Waals surface area contributed by atoms with Crippen molar-refractivity contribution in [2.45, 2.75) is 13.0 Å². The van der Waals surface area contributed by atoms with E-state index in [0.29, 0.717) is 11.1 Å². The summed E-state index contributed by atoms with van der Waals surface area (Å²) in [5.41, 5.74) is 1.03. The van der Waals surface area contributed by atoms with Crippen LogP contribution in [0.15, 0.2) is 54.6 Å². The van der Waals surface area contributed by atoms with E-state index in [9.17, 15) is 14.0 Å². The van der Waals surface area contributed by atoms with Crippen molar-refractivity contribution in [3.63, 3.8) is 0 Å². The molecule has 1 N–H and O–H groups in total. The minimum Gasteiger partial charge on any atom is -0.338 e. The van der Waals surface area contributed by atoms with Crippen LogP contribution in [0.5, 0.6) is 0 Å². The number of rotatable bonds is 4. The van der Waals surface area contributed by atoms with Crippen LogP contribution in [0.25, 0.3) is 0 Å². The van der Waals surface area contributed by atoms with Crippen molar-refractivity contribution in [1.29, 1.82) is 0 Å². The van der Waals surface area contributed by atoms with Crippen LogP contribution in [-0.4, -0.2) is 11.7 Å². The van der Waals surface area contributed by atoms with Crippen LogP contribution in [0.3, 0.4) is 0 Å². The number of halogens is 1. The Hall–Kier alpha value is -2.49. The largest absolute Gasteiger partial charge is 0.338 e. The topological polar surface area (TPSA) is 46.2 Å². The summed E-state index contributed by atoms with van der Waals surface area (Å²) in [4.78, 5) is 23.8. The molecular formula is C16H14FNO2. The molecule has 0 saturated carbocycles. The van der Waals surface area contributed by atoms with Gasteiger partial charge in [0.2, 0.25) is 0 Å².